The Morgan fingerprint density at radius 3 is 2.31 bits per heavy atom. The molecular formula is C24H22N4O3S. The van der Waals surface area contributed by atoms with Crippen LogP contribution in [0.15, 0.2) is 59.4 Å². The van der Waals surface area contributed by atoms with Gasteiger partial charge in [-0.1, -0.05) is 18.2 Å². The fraction of sp³-hybridized carbons (Fsp3) is 0.167. The minimum absolute atomic E-state index is 0.234. The molecule has 0 spiro atoms. The van der Waals surface area contributed by atoms with E-state index >= 15 is 0 Å². The second-order valence-electron chi connectivity index (χ2n) is 7.34. The standard InChI is InChI=1S/C24H22N4O3S/c1-14-15(2)27-28(4)24(30)20(14)23-25-16(3)21(32-23)22(29)26-17-10-12-19(13-11-17)31-18-8-6-5-7-9-18/h5-13H,1-4H3,(H,26,29). The number of ether oxygens (including phenoxy) is 1. The zero-order valence-corrected chi connectivity index (χ0v) is 19.0. The number of hydrogen-bond donors (Lipinski definition) is 1. The molecule has 2 heterocycles. The molecule has 7 nitrogen and oxygen atoms in total. The lowest BCUT2D eigenvalue weighted by Crippen LogP contribution is -2.23. The summed E-state index contributed by atoms with van der Waals surface area (Å²) in [5.41, 5.74) is 2.97. The van der Waals surface area contributed by atoms with Crippen LogP contribution in [-0.4, -0.2) is 20.7 Å². The van der Waals surface area contributed by atoms with Gasteiger partial charge in [-0.25, -0.2) is 9.67 Å². The summed E-state index contributed by atoms with van der Waals surface area (Å²) in [6.45, 7) is 5.45. The molecule has 0 radical (unpaired) electrons. The van der Waals surface area contributed by atoms with E-state index in [1.165, 1.54) is 16.0 Å². The molecule has 0 aliphatic carbocycles. The van der Waals surface area contributed by atoms with Gasteiger partial charge in [-0.15, -0.1) is 11.3 Å². The van der Waals surface area contributed by atoms with E-state index in [-0.39, 0.29) is 11.5 Å². The van der Waals surface area contributed by atoms with Gasteiger partial charge >= 0.3 is 0 Å². The van der Waals surface area contributed by atoms with E-state index in [1.54, 1.807) is 38.2 Å². The molecule has 1 N–H and O–H groups in total. The molecule has 2 aromatic carbocycles. The lowest BCUT2D eigenvalue weighted by atomic mass is 10.1. The van der Waals surface area contributed by atoms with Gasteiger partial charge in [-0.3, -0.25) is 9.59 Å². The maximum absolute atomic E-state index is 12.9. The Morgan fingerprint density at radius 1 is 0.969 bits per heavy atom. The Labute approximate surface area is 189 Å². The van der Waals surface area contributed by atoms with Crippen molar-refractivity contribution in [3.8, 4) is 22.1 Å². The third kappa shape index (κ3) is 4.31. The summed E-state index contributed by atoms with van der Waals surface area (Å²) in [6.07, 6.45) is 0. The average Bonchev–Trinajstić information content (AvgIpc) is 3.16. The molecule has 2 aromatic heterocycles. The minimum Gasteiger partial charge on any atom is -0.457 e. The van der Waals surface area contributed by atoms with Crippen molar-refractivity contribution in [1.29, 1.82) is 0 Å². The molecule has 32 heavy (non-hydrogen) atoms. The molecule has 4 aromatic rings. The average molecular weight is 447 g/mol. The van der Waals surface area contributed by atoms with Crippen LogP contribution in [0, 0.1) is 20.8 Å². The summed E-state index contributed by atoms with van der Waals surface area (Å²) in [4.78, 5) is 30.5. The van der Waals surface area contributed by atoms with E-state index in [0.29, 0.717) is 32.6 Å². The van der Waals surface area contributed by atoms with Crippen LogP contribution < -0.4 is 15.6 Å². The van der Waals surface area contributed by atoms with Gasteiger partial charge in [0.25, 0.3) is 11.5 Å². The molecule has 1 amide bonds. The summed E-state index contributed by atoms with van der Waals surface area (Å²) in [5.74, 6) is 1.14. The van der Waals surface area contributed by atoms with Gasteiger partial charge in [-0.05, 0) is 62.7 Å². The number of hydrogen-bond acceptors (Lipinski definition) is 6. The predicted octanol–water partition coefficient (Wildman–Crippen LogP) is 4.87. The van der Waals surface area contributed by atoms with Crippen LogP contribution in [0.4, 0.5) is 5.69 Å². The second kappa shape index (κ2) is 8.76. The molecule has 8 heteroatoms. The van der Waals surface area contributed by atoms with Crippen LogP contribution in [0.3, 0.4) is 0 Å². The van der Waals surface area contributed by atoms with Gasteiger partial charge in [0.05, 0.1) is 17.0 Å². The number of aryl methyl sites for hydroxylation is 3. The van der Waals surface area contributed by atoms with Crippen LogP contribution in [0.25, 0.3) is 10.6 Å². The van der Waals surface area contributed by atoms with Crippen molar-refractivity contribution >= 4 is 22.9 Å². The Kier molecular flexibility index (Phi) is 5.87. The number of carbonyl (C=O) groups is 1. The number of carbonyl (C=O) groups excluding carboxylic acids is 1. The highest BCUT2D eigenvalue weighted by molar-refractivity contribution is 7.17. The fourth-order valence-corrected chi connectivity index (χ4v) is 4.29. The molecule has 0 aliphatic heterocycles. The molecule has 4 rings (SSSR count). The van der Waals surface area contributed by atoms with Crippen LogP contribution in [0.1, 0.15) is 26.6 Å². The summed E-state index contributed by atoms with van der Waals surface area (Å²) in [6, 6.07) is 16.6. The molecule has 0 saturated heterocycles. The number of rotatable bonds is 5. The number of nitrogens with zero attached hydrogens (tertiary/aromatic N) is 3. The van der Waals surface area contributed by atoms with Crippen molar-refractivity contribution in [2.24, 2.45) is 7.05 Å². The zero-order valence-electron chi connectivity index (χ0n) is 18.2. The second-order valence-corrected chi connectivity index (χ2v) is 8.34. The van der Waals surface area contributed by atoms with E-state index in [9.17, 15) is 9.59 Å². The normalized spacial score (nSPS) is 10.8. The molecular weight excluding hydrogens is 424 g/mol. The maximum Gasteiger partial charge on any atom is 0.277 e. The van der Waals surface area contributed by atoms with Crippen molar-refractivity contribution < 1.29 is 9.53 Å². The van der Waals surface area contributed by atoms with Gasteiger partial charge < -0.3 is 10.1 Å². The molecule has 0 bridgehead atoms. The summed E-state index contributed by atoms with van der Waals surface area (Å²) in [5, 5.41) is 7.61. The van der Waals surface area contributed by atoms with Gasteiger partial charge in [0.1, 0.15) is 21.4 Å². The molecule has 0 atom stereocenters. The number of benzene rings is 2. The topological polar surface area (TPSA) is 86.1 Å². The monoisotopic (exact) mass is 446 g/mol. The first-order valence-corrected chi connectivity index (χ1v) is 10.8. The lowest BCUT2D eigenvalue weighted by molar-refractivity contribution is 0.103. The van der Waals surface area contributed by atoms with Gasteiger partial charge in [0.2, 0.25) is 0 Å². The van der Waals surface area contributed by atoms with Crippen LogP contribution >= 0.6 is 11.3 Å². The lowest BCUT2D eigenvalue weighted by Gasteiger charge is -2.08. The van der Waals surface area contributed by atoms with Crippen LogP contribution in [0.5, 0.6) is 11.5 Å². The Morgan fingerprint density at radius 2 is 1.62 bits per heavy atom. The third-order valence-corrected chi connectivity index (χ3v) is 6.21. The first-order chi connectivity index (χ1) is 15.3. The summed E-state index contributed by atoms with van der Waals surface area (Å²) < 4.78 is 7.08. The molecule has 0 unspecified atom stereocenters. The Balaban J connectivity index is 1.54. The van der Waals surface area contributed by atoms with Crippen molar-refractivity contribution in [1.82, 2.24) is 14.8 Å². The number of amides is 1. The highest BCUT2D eigenvalue weighted by Crippen LogP contribution is 2.29. The first kappa shape index (κ1) is 21.5. The number of thiazole rings is 1. The number of para-hydroxylation sites is 1. The van der Waals surface area contributed by atoms with Crippen molar-refractivity contribution in [3.05, 3.63) is 86.8 Å². The molecule has 0 fully saturated rings. The largest absolute Gasteiger partial charge is 0.457 e. The Bertz CT molecular complexity index is 1340. The molecule has 0 aliphatic rings. The van der Waals surface area contributed by atoms with Gasteiger partial charge in [-0.2, -0.15) is 5.10 Å². The van der Waals surface area contributed by atoms with E-state index < -0.39 is 0 Å². The highest BCUT2D eigenvalue weighted by Gasteiger charge is 2.21. The first-order valence-electron chi connectivity index (χ1n) is 10.00. The van der Waals surface area contributed by atoms with Crippen molar-refractivity contribution in [2.75, 3.05) is 5.32 Å². The SMILES string of the molecule is Cc1nc(-c2c(C)c(C)nn(C)c2=O)sc1C(=O)Nc1ccc(Oc2ccccc2)cc1. The van der Waals surface area contributed by atoms with Gasteiger partial charge in [0.15, 0.2) is 0 Å². The van der Waals surface area contributed by atoms with Gasteiger partial charge in [0, 0.05) is 12.7 Å². The number of nitrogens with one attached hydrogen (secondary N) is 1. The van der Waals surface area contributed by atoms with E-state index in [1.807, 2.05) is 44.2 Å². The van der Waals surface area contributed by atoms with Crippen LogP contribution in [-0.2, 0) is 7.05 Å². The summed E-state index contributed by atoms with van der Waals surface area (Å²) in [7, 11) is 1.61. The highest BCUT2D eigenvalue weighted by atomic mass is 32.1. The quantitative estimate of drug-likeness (QED) is 0.472. The van der Waals surface area contributed by atoms with E-state index in [0.717, 1.165) is 17.0 Å². The maximum atomic E-state index is 12.9. The third-order valence-electron chi connectivity index (χ3n) is 5.03. The molecule has 162 valence electrons. The predicted molar refractivity (Wildman–Crippen MR) is 126 cm³/mol. The number of aromatic nitrogens is 3. The van der Waals surface area contributed by atoms with E-state index in [2.05, 4.69) is 15.4 Å². The minimum atomic E-state index is -0.275. The zero-order chi connectivity index (χ0) is 22.8. The van der Waals surface area contributed by atoms with Crippen molar-refractivity contribution in [2.45, 2.75) is 20.8 Å². The fourth-order valence-electron chi connectivity index (χ4n) is 3.23. The summed E-state index contributed by atoms with van der Waals surface area (Å²) >= 11 is 1.20. The van der Waals surface area contributed by atoms with Crippen LogP contribution in [0.2, 0.25) is 0 Å². The Hall–Kier alpha value is -3.78. The molecule has 0 saturated carbocycles. The smallest absolute Gasteiger partial charge is 0.277 e. The van der Waals surface area contributed by atoms with Crippen molar-refractivity contribution in [3.63, 3.8) is 0 Å². The number of anilines is 1. The van der Waals surface area contributed by atoms with E-state index in [4.69, 9.17) is 4.74 Å².